The van der Waals surface area contributed by atoms with E-state index in [2.05, 4.69) is 0 Å². The Bertz CT molecular complexity index is 1220. The highest BCUT2D eigenvalue weighted by Crippen LogP contribution is 2.34. The molecule has 0 radical (unpaired) electrons. The minimum atomic E-state index is -1.92. The zero-order chi connectivity index (χ0) is 23.2. The van der Waals surface area contributed by atoms with Gasteiger partial charge in [0.15, 0.2) is 11.5 Å². The van der Waals surface area contributed by atoms with E-state index < -0.39 is 42.1 Å². The third-order valence-electron chi connectivity index (χ3n) is 4.99. The summed E-state index contributed by atoms with van der Waals surface area (Å²) in [7, 11) is 0. The average molecular weight is 446 g/mol. The minimum Gasteiger partial charge on any atom is -0.508 e. The van der Waals surface area contributed by atoms with Gasteiger partial charge in [-0.1, -0.05) is 0 Å². The third kappa shape index (κ3) is 3.85. The molecule has 6 N–H and O–H groups in total. The Labute approximate surface area is 178 Å². The molecule has 0 saturated carbocycles. The molecule has 0 bridgehead atoms. The van der Waals surface area contributed by atoms with Gasteiger partial charge in [0.2, 0.25) is 6.29 Å². The van der Waals surface area contributed by atoms with Crippen molar-refractivity contribution in [1.82, 2.24) is 0 Å². The van der Waals surface area contributed by atoms with Crippen molar-refractivity contribution in [3.63, 3.8) is 0 Å². The molecule has 0 spiro atoms. The second kappa shape index (κ2) is 8.13. The van der Waals surface area contributed by atoms with Crippen molar-refractivity contribution in [3.05, 3.63) is 52.7 Å². The molecule has 11 heteroatoms. The standard InChI is InChI=1S/C21H18O11/c22-9-3-1-8(2-4-9)12-7-11(24)15-13(30-12)5-10(23)6-14(15)31-21-18(27)16(25)17(26)19(32-21)20(28)29/h1-7,16-19,21-23,25-27H,(H,28,29)/t16-,17-,18+,19-,21+/m0/s1. The van der Waals surface area contributed by atoms with E-state index in [1.807, 2.05) is 0 Å². The van der Waals surface area contributed by atoms with Crippen LogP contribution < -0.4 is 10.2 Å². The van der Waals surface area contributed by atoms with E-state index in [9.17, 15) is 35.1 Å². The Morgan fingerprint density at radius 2 is 1.59 bits per heavy atom. The van der Waals surface area contributed by atoms with Crippen LogP contribution >= 0.6 is 0 Å². The lowest BCUT2D eigenvalue weighted by Gasteiger charge is -2.38. The monoisotopic (exact) mass is 446 g/mol. The number of carbonyl (C=O) groups is 1. The van der Waals surface area contributed by atoms with Crippen LogP contribution in [0.4, 0.5) is 0 Å². The number of fused-ring (bicyclic) bond motifs is 1. The zero-order valence-corrected chi connectivity index (χ0v) is 16.2. The molecule has 32 heavy (non-hydrogen) atoms. The Morgan fingerprint density at radius 3 is 2.25 bits per heavy atom. The number of rotatable bonds is 4. The highest BCUT2D eigenvalue weighted by atomic mass is 16.7. The molecular formula is C21H18O11. The fraction of sp³-hybridized carbons (Fsp3) is 0.238. The summed E-state index contributed by atoms with van der Waals surface area (Å²) in [6.07, 6.45) is -9.37. The highest BCUT2D eigenvalue weighted by Gasteiger charge is 2.48. The molecule has 1 saturated heterocycles. The topological polar surface area (TPSA) is 187 Å². The van der Waals surface area contributed by atoms with Gasteiger partial charge in [0.05, 0.1) is 0 Å². The van der Waals surface area contributed by atoms with Crippen molar-refractivity contribution in [2.24, 2.45) is 0 Å². The fourth-order valence-electron chi connectivity index (χ4n) is 3.37. The van der Waals surface area contributed by atoms with Gasteiger partial charge in [0.1, 0.15) is 52.3 Å². The van der Waals surface area contributed by atoms with Crippen molar-refractivity contribution in [2.75, 3.05) is 0 Å². The van der Waals surface area contributed by atoms with Gasteiger partial charge in [-0.2, -0.15) is 0 Å². The van der Waals surface area contributed by atoms with E-state index in [0.29, 0.717) is 5.56 Å². The van der Waals surface area contributed by atoms with Crippen LogP contribution in [-0.2, 0) is 9.53 Å². The molecule has 4 rings (SSSR count). The van der Waals surface area contributed by atoms with Gasteiger partial charge in [-0.15, -0.1) is 0 Å². The Hall–Kier alpha value is -3.64. The van der Waals surface area contributed by atoms with Crippen LogP contribution in [0.3, 0.4) is 0 Å². The molecule has 1 aromatic heterocycles. The van der Waals surface area contributed by atoms with Crippen molar-refractivity contribution in [2.45, 2.75) is 30.7 Å². The van der Waals surface area contributed by atoms with Gasteiger partial charge < -0.3 is 44.5 Å². The summed E-state index contributed by atoms with van der Waals surface area (Å²) in [6, 6.07) is 9.17. The summed E-state index contributed by atoms with van der Waals surface area (Å²) in [5.74, 6) is -2.13. The quantitative estimate of drug-likeness (QED) is 0.320. The van der Waals surface area contributed by atoms with E-state index in [1.54, 1.807) is 0 Å². The summed E-state index contributed by atoms with van der Waals surface area (Å²) in [4.78, 5) is 24.1. The smallest absolute Gasteiger partial charge is 0.335 e. The van der Waals surface area contributed by atoms with Crippen LogP contribution in [0.15, 0.2) is 51.7 Å². The number of benzene rings is 2. The number of hydrogen-bond acceptors (Lipinski definition) is 10. The van der Waals surface area contributed by atoms with Crippen LogP contribution in [0.5, 0.6) is 17.2 Å². The van der Waals surface area contributed by atoms with Gasteiger partial charge in [-0.3, -0.25) is 4.79 Å². The van der Waals surface area contributed by atoms with Gasteiger partial charge in [-0.25, -0.2) is 4.79 Å². The first-order valence-electron chi connectivity index (χ1n) is 9.35. The summed E-state index contributed by atoms with van der Waals surface area (Å²) in [6.45, 7) is 0. The summed E-state index contributed by atoms with van der Waals surface area (Å²) >= 11 is 0. The van der Waals surface area contributed by atoms with Crippen LogP contribution in [0.1, 0.15) is 0 Å². The van der Waals surface area contributed by atoms with E-state index in [4.69, 9.17) is 19.0 Å². The Kier molecular flexibility index (Phi) is 5.48. The lowest BCUT2D eigenvalue weighted by molar-refractivity contribution is -0.270. The van der Waals surface area contributed by atoms with Crippen molar-refractivity contribution < 1.29 is 49.3 Å². The summed E-state index contributed by atoms with van der Waals surface area (Å²) in [5, 5.41) is 58.4. The van der Waals surface area contributed by atoms with Crippen molar-refractivity contribution >= 4 is 16.9 Å². The molecule has 2 aromatic carbocycles. The predicted octanol–water partition coefficient (Wildman–Crippen LogP) is 0.142. The van der Waals surface area contributed by atoms with E-state index in [1.165, 1.54) is 24.3 Å². The maximum Gasteiger partial charge on any atom is 0.335 e. The van der Waals surface area contributed by atoms with Crippen LogP contribution in [0.2, 0.25) is 0 Å². The molecule has 0 amide bonds. The number of aliphatic hydroxyl groups excluding tert-OH is 3. The lowest BCUT2D eigenvalue weighted by Crippen LogP contribution is -2.61. The second-order valence-electron chi connectivity index (χ2n) is 7.19. The number of phenols is 2. The fourth-order valence-corrected chi connectivity index (χ4v) is 3.37. The number of carboxylic acid groups (broad SMARTS) is 1. The Morgan fingerprint density at radius 1 is 0.906 bits per heavy atom. The molecule has 3 aromatic rings. The van der Waals surface area contributed by atoms with Gasteiger partial charge in [-0.05, 0) is 24.3 Å². The minimum absolute atomic E-state index is 0.0169. The third-order valence-corrected chi connectivity index (χ3v) is 4.99. The molecular weight excluding hydrogens is 428 g/mol. The number of carboxylic acids is 1. The van der Waals surface area contributed by atoms with Gasteiger partial charge >= 0.3 is 5.97 Å². The first kappa shape index (κ1) is 21.6. The number of aromatic hydroxyl groups is 2. The largest absolute Gasteiger partial charge is 0.508 e. The average Bonchev–Trinajstić information content (AvgIpc) is 2.73. The molecule has 0 aliphatic carbocycles. The zero-order valence-electron chi connectivity index (χ0n) is 16.2. The number of hydrogen-bond donors (Lipinski definition) is 6. The summed E-state index contributed by atoms with van der Waals surface area (Å²) in [5.41, 5.74) is -0.207. The van der Waals surface area contributed by atoms with Gasteiger partial charge in [0.25, 0.3) is 0 Å². The van der Waals surface area contributed by atoms with Crippen LogP contribution in [0, 0.1) is 0 Å². The number of phenolic OH excluding ortho intramolecular Hbond substituents is 2. The van der Waals surface area contributed by atoms with Crippen LogP contribution in [-0.4, -0.2) is 67.3 Å². The highest BCUT2D eigenvalue weighted by molar-refractivity contribution is 5.86. The van der Waals surface area contributed by atoms with E-state index in [0.717, 1.165) is 18.2 Å². The second-order valence-corrected chi connectivity index (χ2v) is 7.19. The summed E-state index contributed by atoms with van der Waals surface area (Å²) < 4.78 is 16.2. The number of ether oxygens (including phenoxy) is 2. The van der Waals surface area contributed by atoms with Gasteiger partial charge in [0, 0.05) is 23.8 Å². The molecule has 0 unspecified atom stereocenters. The molecule has 2 heterocycles. The molecule has 11 nitrogen and oxygen atoms in total. The Balaban J connectivity index is 1.75. The lowest BCUT2D eigenvalue weighted by atomic mass is 9.99. The maximum absolute atomic E-state index is 12.8. The molecule has 1 fully saturated rings. The predicted molar refractivity (Wildman–Crippen MR) is 106 cm³/mol. The first-order chi connectivity index (χ1) is 15.2. The maximum atomic E-state index is 12.8. The molecule has 5 atom stereocenters. The van der Waals surface area contributed by atoms with Crippen molar-refractivity contribution in [3.8, 4) is 28.6 Å². The van der Waals surface area contributed by atoms with E-state index in [-0.39, 0.29) is 34.0 Å². The SMILES string of the molecule is O=C(O)[C@H]1O[C@@H](Oc2cc(O)cc3oc(-c4ccc(O)cc4)cc(=O)c23)[C@H](O)[C@@H](O)[C@@H]1O. The van der Waals surface area contributed by atoms with Crippen molar-refractivity contribution in [1.29, 1.82) is 0 Å². The molecule has 1 aliphatic rings. The normalized spacial score (nSPS) is 25.5. The number of aliphatic carboxylic acids is 1. The van der Waals surface area contributed by atoms with E-state index >= 15 is 0 Å². The number of aliphatic hydroxyl groups is 3. The first-order valence-corrected chi connectivity index (χ1v) is 9.35. The molecule has 1 aliphatic heterocycles. The van der Waals surface area contributed by atoms with Crippen LogP contribution in [0.25, 0.3) is 22.3 Å². The molecule has 168 valence electrons.